The summed E-state index contributed by atoms with van der Waals surface area (Å²) >= 11 is 0. The number of esters is 1. The van der Waals surface area contributed by atoms with E-state index >= 15 is 0 Å². The SMILES string of the molecule is Cn1nnnc1-c1ccc(-c2ccc(N3CC(COC(=O)CN)OC3=O)cc2F)cn1. The topological polar surface area (TPSA) is 138 Å². The van der Waals surface area contributed by atoms with Crippen LogP contribution in [-0.2, 0) is 21.3 Å². The van der Waals surface area contributed by atoms with E-state index in [2.05, 4.69) is 20.5 Å². The standard InChI is InChI=1S/C19H18FN7O4/c1-26-18(23-24-25-26)16-5-2-11(8-22-16)14-4-3-12(6-15(14)20)27-9-13(31-19(27)29)10-30-17(28)7-21/h2-6,8,13H,7,9-10,21H2,1H3. The molecule has 0 bridgehead atoms. The second kappa shape index (κ2) is 8.44. The van der Waals surface area contributed by atoms with Gasteiger partial charge in [0, 0.05) is 24.4 Å². The molecule has 1 aromatic carbocycles. The van der Waals surface area contributed by atoms with E-state index in [1.807, 2.05) is 0 Å². The number of nitrogens with zero attached hydrogens (tertiary/aromatic N) is 6. The highest BCUT2D eigenvalue weighted by Crippen LogP contribution is 2.29. The van der Waals surface area contributed by atoms with Crippen LogP contribution in [-0.4, -0.2) is 63.1 Å². The Morgan fingerprint density at radius 2 is 2.19 bits per heavy atom. The average Bonchev–Trinajstić information content (AvgIpc) is 3.37. The van der Waals surface area contributed by atoms with E-state index in [1.54, 1.807) is 31.3 Å². The Morgan fingerprint density at radius 3 is 2.84 bits per heavy atom. The van der Waals surface area contributed by atoms with Crippen LogP contribution in [0.25, 0.3) is 22.6 Å². The van der Waals surface area contributed by atoms with Crippen LogP contribution in [0.2, 0.25) is 0 Å². The van der Waals surface area contributed by atoms with Crippen molar-refractivity contribution in [1.82, 2.24) is 25.2 Å². The predicted molar refractivity (Wildman–Crippen MR) is 105 cm³/mol. The third kappa shape index (κ3) is 4.19. The number of benzene rings is 1. The van der Waals surface area contributed by atoms with Gasteiger partial charge in [-0.15, -0.1) is 5.10 Å². The van der Waals surface area contributed by atoms with Crippen LogP contribution in [0.15, 0.2) is 36.5 Å². The molecule has 0 saturated carbocycles. The maximum absolute atomic E-state index is 14.8. The van der Waals surface area contributed by atoms with Crippen LogP contribution in [0, 0.1) is 5.82 Å². The Morgan fingerprint density at radius 1 is 1.35 bits per heavy atom. The third-order valence-corrected chi connectivity index (χ3v) is 4.66. The molecule has 11 nitrogen and oxygen atoms in total. The molecule has 0 radical (unpaired) electrons. The Labute approximate surface area is 175 Å². The van der Waals surface area contributed by atoms with Crippen LogP contribution < -0.4 is 10.6 Å². The molecule has 4 rings (SSSR count). The van der Waals surface area contributed by atoms with Gasteiger partial charge in [0.2, 0.25) is 0 Å². The maximum Gasteiger partial charge on any atom is 0.414 e. The fraction of sp³-hybridized carbons (Fsp3) is 0.263. The number of rotatable bonds is 6. The second-order valence-corrected chi connectivity index (χ2v) is 6.73. The Balaban J connectivity index is 1.49. The lowest BCUT2D eigenvalue weighted by Crippen LogP contribution is -2.28. The monoisotopic (exact) mass is 427 g/mol. The van der Waals surface area contributed by atoms with Gasteiger partial charge in [0.25, 0.3) is 0 Å². The van der Waals surface area contributed by atoms with Gasteiger partial charge >= 0.3 is 12.1 Å². The van der Waals surface area contributed by atoms with Gasteiger partial charge in [-0.3, -0.25) is 14.7 Å². The van der Waals surface area contributed by atoms with Crippen molar-refractivity contribution in [1.29, 1.82) is 0 Å². The number of amides is 1. The molecule has 2 aromatic heterocycles. The minimum Gasteiger partial charge on any atom is -0.461 e. The van der Waals surface area contributed by atoms with Crippen molar-refractivity contribution >= 4 is 17.7 Å². The molecule has 0 spiro atoms. The summed E-state index contributed by atoms with van der Waals surface area (Å²) in [6.07, 6.45) is 0.218. The van der Waals surface area contributed by atoms with Gasteiger partial charge in [0.15, 0.2) is 11.9 Å². The number of carbonyl (C=O) groups is 2. The first-order chi connectivity index (χ1) is 15.0. The lowest BCUT2D eigenvalue weighted by molar-refractivity contribution is -0.144. The summed E-state index contributed by atoms with van der Waals surface area (Å²) in [4.78, 5) is 28.9. The van der Waals surface area contributed by atoms with E-state index in [0.717, 1.165) is 0 Å². The first-order valence-electron chi connectivity index (χ1n) is 9.29. The smallest absolute Gasteiger partial charge is 0.414 e. The molecule has 1 amide bonds. The molecule has 1 aliphatic heterocycles. The van der Waals surface area contributed by atoms with Gasteiger partial charge in [-0.1, -0.05) is 6.07 Å². The van der Waals surface area contributed by atoms with Crippen molar-refractivity contribution in [3.05, 3.63) is 42.3 Å². The molecule has 0 aliphatic carbocycles. The van der Waals surface area contributed by atoms with E-state index in [4.69, 9.17) is 15.2 Å². The lowest BCUT2D eigenvalue weighted by atomic mass is 10.1. The number of pyridine rings is 1. The highest BCUT2D eigenvalue weighted by atomic mass is 19.1. The molecule has 31 heavy (non-hydrogen) atoms. The number of hydrogen-bond donors (Lipinski definition) is 1. The average molecular weight is 427 g/mol. The molecule has 1 saturated heterocycles. The number of halogens is 1. The summed E-state index contributed by atoms with van der Waals surface area (Å²) in [5, 5.41) is 11.2. The summed E-state index contributed by atoms with van der Waals surface area (Å²) in [5.74, 6) is -0.639. The quantitative estimate of drug-likeness (QED) is 0.569. The minimum atomic E-state index is -0.655. The number of nitrogens with two attached hydrogens (primary N) is 1. The molecule has 3 heterocycles. The maximum atomic E-state index is 14.8. The van der Waals surface area contributed by atoms with E-state index in [-0.39, 0.29) is 19.7 Å². The number of cyclic esters (lactones) is 1. The normalized spacial score (nSPS) is 15.8. The summed E-state index contributed by atoms with van der Waals surface area (Å²) in [5.41, 5.74) is 6.92. The minimum absolute atomic E-state index is 0.113. The Hall–Kier alpha value is -3.93. The summed E-state index contributed by atoms with van der Waals surface area (Å²) in [6, 6.07) is 7.81. The van der Waals surface area contributed by atoms with Gasteiger partial charge in [0.05, 0.1) is 18.8 Å². The number of aromatic nitrogens is 5. The number of tetrazole rings is 1. The molecular formula is C19H18FN7O4. The summed E-state index contributed by atoms with van der Waals surface area (Å²) < 4.78 is 26.4. The van der Waals surface area contributed by atoms with Crippen LogP contribution in [0.4, 0.5) is 14.9 Å². The van der Waals surface area contributed by atoms with E-state index in [0.29, 0.717) is 28.3 Å². The largest absolute Gasteiger partial charge is 0.461 e. The van der Waals surface area contributed by atoms with Crippen molar-refractivity contribution < 1.29 is 23.5 Å². The zero-order valence-electron chi connectivity index (χ0n) is 16.4. The first kappa shape index (κ1) is 20.3. The molecule has 1 atom stereocenters. The highest BCUT2D eigenvalue weighted by Gasteiger charge is 2.33. The molecule has 1 fully saturated rings. The van der Waals surface area contributed by atoms with E-state index in [9.17, 15) is 14.0 Å². The Kier molecular flexibility index (Phi) is 5.54. The van der Waals surface area contributed by atoms with Crippen LogP contribution >= 0.6 is 0 Å². The van der Waals surface area contributed by atoms with Crippen molar-refractivity contribution in [2.45, 2.75) is 6.10 Å². The van der Waals surface area contributed by atoms with Crippen molar-refractivity contribution in [2.24, 2.45) is 12.8 Å². The Bertz CT molecular complexity index is 1120. The fourth-order valence-corrected chi connectivity index (χ4v) is 3.10. The number of aryl methyl sites for hydroxylation is 1. The zero-order valence-corrected chi connectivity index (χ0v) is 16.4. The van der Waals surface area contributed by atoms with E-state index in [1.165, 1.54) is 21.8 Å². The van der Waals surface area contributed by atoms with Crippen LogP contribution in [0.3, 0.4) is 0 Å². The molecule has 2 N–H and O–H groups in total. The molecule has 1 aliphatic rings. The molecular weight excluding hydrogens is 409 g/mol. The predicted octanol–water partition coefficient (Wildman–Crippen LogP) is 0.905. The molecule has 12 heteroatoms. The van der Waals surface area contributed by atoms with Crippen molar-refractivity contribution in [3.8, 4) is 22.6 Å². The van der Waals surface area contributed by atoms with Crippen molar-refractivity contribution in [3.63, 3.8) is 0 Å². The number of hydrogen-bond acceptors (Lipinski definition) is 9. The van der Waals surface area contributed by atoms with Gasteiger partial charge in [-0.2, -0.15) is 0 Å². The number of anilines is 1. The summed E-state index contributed by atoms with van der Waals surface area (Å²) in [6.45, 7) is -0.252. The fourth-order valence-electron chi connectivity index (χ4n) is 3.10. The van der Waals surface area contributed by atoms with Gasteiger partial charge in [-0.25, -0.2) is 13.9 Å². The second-order valence-electron chi connectivity index (χ2n) is 6.73. The molecule has 160 valence electrons. The first-order valence-corrected chi connectivity index (χ1v) is 9.29. The number of ether oxygens (including phenoxy) is 2. The van der Waals surface area contributed by atoms with Gasteiger partial charge < -0.3 is 15.2 Å². The molecule has 3 aromatic rings. The molecule has 1 unspecified atom stereocenters. The summed E-state index contributed by atoms with van der Waals surface area (Å²) in [7, 11) is 1.69. The van der Waals surface area contributed by atoms with E-state index < -0.39 is 24.0 Å². The van der Waals surface area contributed by atoms with Crippen LogP contribution in [0.5, 0.6) is 0 Å². The van der Waals surface area contributed by atoms with Crippen LogP contribution in [0.1, 0.15) is 0 Å². The van der Waals surface area contributed by atoms with Gasteiger partial charge in [-0.05, 0) is 34.7 Å². The lowest BCUT2D eigenvalue weighted by Gasteiger charge is -2.14. The van der Waals surface area contributed by atoms with Gasteiger partial charge in [0.1, 0.15) is 18.1 Å². The third-order valence-electron chi connectivity index (χ3n) is 4.66. The zero-order chi connectivity index (χ0) is 22.0. The number of carbonyl (C=O) groups excluding carboxylic acids is 2. The van der Waals surface area contributed by atoms with Crippen molar-refractivity contribution in [2.75, 3.05) is 24.6 Å². The highest BCUT2D eigenvalue weighted by molar-refractivity contribution is 5.90.